The van der Waals surface area contributed by atoms with E-state index in [-0.39, 0.29) is 11.9 Å². The lowest BCUT2D eigenvalue weighted by Crippen LogP contribution is -2.31. The number of carbonyl (C=O) groups excluding carboxylic acids is 1. The van der Waals surface area contributed by atoms with Gasteiger partial charge in [0, 0.05) is 13.6 Å². The summed E-state index contributed by atoms with van der Waals surface area (Å²) in [7, 11) is 1.78. The number of nitrogens with one attached hydrogen (secondary N) is 1. The van der Waals surface area contributed by atoms with E-state index in [1.54, 1.807) is 30.1 Å². The molecule has 2 rings (SSSR count). The Balaban J connectivity index is 2.10. The van der Waals surface area contributed by atoms with Crippen molar-refractivity contribution < 1.29 is 4.79 Å². The zero-order valence-corrected chi connectivity index (χ0v) is 8.97. The van der Waals surface area contributed by atoms with Gasteiger partial charge in [0.25, 0.3) is 0 Å². The smallest absolute Gasteiger partial charge is 0.244 e. The van der Waals surface area contributed by atoms with Gasteiger partial charge in [-0.3, -0.25) is 4.79 Å². The topological polar surface area (TPSA) is 69.0 Å². The van der Waals surface area contributed by atoms with Gasteiger partial charge in [0.05, 0.1) is 0 Å². The number of amides is 1. The van der Waals surface area contributed by atoms with E-state index in [4.69, 9.17) is 5.26 Å². The molecule has 2 heterocycles. The van der Waals surface area contributed by atoms with Crippen molar-refractivity contribution in [3.63, 3.8) is 0 Å². The van der Waals surface area contributed by atoms with E-state index in [1.807, 2.05) is 6.07 Å². The summed E-state index contributed by atoms with van der Waals surface area (Å²) in [5, 5.41) is 11.7. The fraction of sp³-hybridized carbons (Fsp3) is 0.364. The number of pyridine rings is 1. The van der Waals surface area contributed by atoms with Gasteiger partial charge >= 0.3 is 0 Å². The average molecular weight is 216 g/mol. The second-order valence-electron chi connectivity index (χ2n) is 3.77. The molecule has 1 aromatic heterocycles. The highest BCUT2D eigenvalue weighted by Gasteiger charge is 2.28. The lowest BCUT2D eigenvalue weighted by molar-refractivity contribution is -0.127. The fourth-order valence-electron chi connectivity index (χ4n) is 1.71. The normalized spacial score (nSPS) is 19.6. The average Bonchev–Trinajstić information content (AvgIpc) is 2.61. The Hall–Kier alpha value is -2.09. The van der Waals surface area contributed by atoms with Crippen molar-refractivity contribution in [3.8, 4) is 6.07 Å². The molecule has 0 saturated carbocycles. The van der Waals surface area contributed by atoms with Crippen molar-refractivity contribution >= 4 is 11.7 Å². The summed E-state index contributed by atoms with van der Waals surface area (Å²) in [6, 6.07) is 6.89. The zero-order chi connectivity index (χ0) is 11.5. The third kappa shape index (κ3) is 1.96. The predicted octanol–water partition coefficient (Wildman–Crippen LogP) is 0.596. The van der Waals surface area contributed by atoms with Crippen molar-refractivity contribution in [1.29, 1.82) is 5.26 Å². The molecule has 0 radical (unpaired) electrons. The van der Waals surface area contributed by atoms with Crippen LogP contribution in [-0.2, 0) is 4.79 Å². The quantitative estimate of drug-likeness (QED) is 0.785. The number of hydrogen-bond donors (Lipinski definition) is 1. The lowest BCUT2D eigenvalue weighted by Gasteiger charge is -2.12. The molecule has 1 aromatic rings. The van der Waals surface area contributed by atoms with Crippen molar-refractivity contribution in [1.82, 2.24) is 9.88 Å². The molecule has 1 saturated heterocycles. The van der Waals surface area contributed by atoms with Gasteiger partial charge in [0.1, 0.15) is 23.6 Å². The van der Waals surface area contributed by atoms with Crippen LogP contribution in [0.1, 0.15) is 12.1 Å². The molecule has 1 aliphatic rings. The second kappa shape index (κ2) is 4.19. The Labute approximate surface area is 93.7 Å². The first-order chi connectivity index (χ1) is 7.70. The Bertz CT molecular complexity index is 452. The minimum Gasteiger partial charge on any atom is -0.358 e. The van der Waals surface area contributed by atoms with Gasteiger partial charge in [-0.25, -0.2) is 4.98 Å². The van der Waals surface area contributed by atoms with Crippen LogP contribution >= 0.6 is 0 Å². The van der Waals surface area contributed by atoms with Crippen LogP contribution in [0, 0.1) is 11.3 Å². The first-order valence-electron chi connectivity index (χ1n) is 5.09. The fourth-order valence-corrected chi connectivity index (χ4v) is 1.71. The minimum atomic E-state index is -0.216. The number of carbonyl (C=O) groups is 1. The number of nitriles is 1. The first-order valence-corrected chi connectivity index (χ1v) is 5.09. The summed E-state index contributed by atoms with van der Waals surface area (Å²) in [6.45, 7) is 0.758. The number of anilines is 1. The number of aromatic nitrogens is 1. The van der Waals surface area contributed by atoms with Crippen molar-refractivity contribution in [2.45, 2.75) is 12.5 Å². The van der Waals surface area contributed by atoms with E-state index in [9.17, 15) is 4.79 Å². The molecule has 0 spiro atoms. The molecule has 5 heteroatoms. The van der Waals surface area contributed by atoms with Crippen molar-refractivity contribution in [3.05, 3.63) is 23.9 Å². The number of nitrogens with zero attached hydrogens (tertiary/aromatic N) is 3. The largest absolute Gasteiger partial charge is 0.358 e. The van der Waals surface area contributed by atoms with Gasteiger partial charge in [-0.15, -0.1) is 0 Å². The summed E-state index contributed by atoms with van der Waals surface area (Å²) >= 11 is 0. The van der Waals surface area contributed by atoms with Crippen LogP contribution in [-0.4, -0.2) is 35.4 Å². The Morgan fingerprint density at radius 1 is 1.62 bits per heavy atom. The van der Waals surface area contributed by atoms with Gasteiger partial charge < -0.3 is 10.2 Å². The number of likely N-dealkylation sites (tertiary alicyclic amines) is 1. The highest BCUT2D eigenvalue weighted by molar-refractivity contribution is 5.86. The number of rotatable bonds is 2. The maximum atomic E-state index is 11.6. The molecule has 0 bridgehead atoms. The van der Waals surface area contributed by atoms with Gasteiger partial charge in [0.15, 0.2) is 0 Å². The number of hydrogen-bond acceptors (Lipinski definition) is 4. The lowest BCUT2D eigenvalue weighted by atomic mass is 10.2. The molecule has 1 aliphatic heterocycles. The van der Waals surface area contributed by atoms with Crippen molar-refractivity contribution in [2.75, 3.05) is 18.9 Å². The van der Waals surface area contributed by atoms with Crippen LogP contribution in [0.4, 0.5) is 5.82 Å². The number of likely N-dealkylation sites (N-methyl/N-ethyl adjacent to an activating group) is 1. The molecule has 82 valence electrons. The van der Waals surface area contributed by atoms with Gasteiger partial charge in [-0.2, -0.15) is 5.26 Å². The van der Waals surface area contributed by atoms with Crippen LogP contribution < -0.4 is 5.32 Å². The minimum absolute atomic E-state index is 0.0733. The van der Waals surface area contributed by atoms with E-state index >= 15 is 0 Å². The molecule has 0 aromatic carbocycles. The van der Waals surface area contributed by atoms with Crippen LogP contribution in [0.3, 0.4) is 0 Å². The molecule has 5 nitrogen and oxygen atoms in total. The standard InChI is InChI=1S/C11H12N4O/c1-15-6-5-9(11(15)16)14-10-4-2-3-8(7-12)13-10/h2-4,9H,5-6H2,1H3,(H,13,14). The van der Waals surface area contributed by atoms with Crippen LogP contribution in [0.15, 0.2) is 18.2 Å². The van der Waals surface area contributed by atoms with Crippen molar-refractivity contribution in [2.24, 2.45) is 0 Å². The monoisotopic (exact) mass is 216 g/mol. The maximum Gasteiger partial charge on any atom is 0.244 e. The SMILES string of the molecule is CN1CCC(Nc2cccc(C#N)n2)C1=O. The zero-order valence-electron chi connectivity index (χ0n) is 8.97. The molecule has 1 amide bonds. The third-order valence-corrected chi connectivity index (χ3v) is 2.61. The molecular formula is C11H12N4O. The van der Waals surface area contributed by atoms with E-state index in [2.05, 4.69) is 10.3 Å². The Morgan fingerprint density at radius 3 is 3.06 bits per heavy atom. The summed E-state index contributed by atoms with van der Waals surface area (Å²) < 4.78 is 0. The van der Waals surface area contributed by atoms with Gasteiger partial charge in [0.2, 0.25) is 5.91 Å². The van der Waals surface area contributed by atoms with Crippen LogP contribution in [0.2, 0.25) is 0 Å². The molecule has 1 fully saturated rings. The highest BCUT2D eigenvalue weighted by atomic mass is 16.2. The summed E-state index contributed by atoms with van der Waals surface area (Å²) in [5.74, 6) is 0.650. The molecule has 1 unspecified atom stereocenters. The van der Waals surface area contributed by atoms with E-state index in [0.717, 1.165) is 13.0 Å². The van der Waals surface area contributed by atoms with E-state index in [0.29, 0.717) is 11.5 Å². The Morgan fingerprint density at radius 2 is 2.44 bits per heavy atom. The second-order valence-corrected chi connectivity index (χ2v) is 3.77. The van der Waals surface area contributed by atoms with Crippen LogP contribution in [0.25, 0.3) is 0 Å². The van der Waals surface area contributed by atoms with Gasteiger partial charge in [-0.05, 0) is 18.6 Å². The summed E-state index contributed by atoms with van der Waals surface area (Å²) in [5.41, 5.74) is 0.351. The Kier molecular flexibility index (Phi) is 2.73. The highest BCUT2D eigenvalue weighted by Crippen LogP contribution is 2.14. The summed E-state index contributed by atoms with van der Waals surface area (Å²) in [4.78, 5) is 17.4. The van der Waals surface area contributed by atoms with Crippen LogP contribution in [0.5, 0.6) is 0 Å². The predicted molar refractivity (Wildman–Crippen MR) is 58.6 cm³/mol. The first kappa shape index (κ1) is 10.4. The van der Waals surface area contributed by atoms with E-state index < -0.39 is 0 Å². The molecule has 16 heavy (non-hydrogen) atoms. The van der Waals surface area contributed by atoms with E-state index in [1.165, 1.54) is 0 Å². The molecule has 1 N–H and O–H groups in total. The molecular weight excluding hydrogens is 204 g/mol. The third-order valence-electron chi connectivity index (χ3n) is 2.61. The maximum absolute atomic E-state index is 11.6. The molecule has 1 atom stereocenters. The van der Waals surface area contributed by atoms with Gasteiger partial charge in [-0.1, -0.05) is 6.07 Å². The molecule has 0 aliphatic carbocycles. The summed E-state index contributed by atoms with van der Waals surface area (Å²) in [6.07, 6.45) is 0.772.